The molecular formula is C14H17N3O2. The molecule has 1 amide bonds. The Morgan fingerprint density at radius 3 is 2.95 bits per heavy atom. The first-order valence-corrected chi connectivity index (χ1v) is 6.54. The van der Waals surface area contributed by atoms with Crippen molar-refractivity contribution in [3.05, 3.63) is 24.3 Å². The van der Waals surface area contributed by atoms with Gasteiger partial charge < -0.3 is 10.1 Å². The third-order valence-corrected chi connectivity index (χ3v) is 3.31. The summed E-state index contributed by atoms with van der Waals surface area (Å²) < 4.78 is 7.46. The summed E-state index contributed by atoms with van der Waals surface area (Å²) >= 11 is 0. The molecule has 0 spiro atoms. The van der Waals surface area contributed by atoms with Crippen molar-refractivity contribution in [2.45, 2.75) is 31.9 Å². The van der Waals surface area contributed by atoms with Gasteiger partial charge in [0.1, 0.15) is 0 Å². The molecule has 1 unspecified atom stereocenters. The molecule has 5 nitrogen and oxygen atoms in total. The van der Waals surface area contributed by atoms with E-state index in [4.69, 9.17) is 4.74 Å². The van der Waals surface area contributed by atoms with Crippen LogP contribution in [0.4, 0.5) is 0 Å². The maximum Gasteiger partial charge on any atom is 0.261 e. The minimum Gasteiger partial charge on any atom is -0.463 e. The van der Waals surface area contributed by atoms with E-state index in [-0.39, 0.29) is 5.91 Å². The summed E-state index contributed by atoms with van der Waals surface area (Å²) in [6.45, 7) is 1.75. The van der Waals surface area contributed by atoms with Crippen LogP contribution in [-0.4, -0.2) is 27.8 Å². The van der Waals surface area contributed by atoms with Crippen molar-refractivity contribution in [2.24, 2.45) is 7.05 Å². The fourth-order valence-electron chi connectivity index (χ4n) is 2.03. The van der Waals surface area contributed by atoms with E-state index in [2.05, 4.69) is 10.4 Å². The lowest BCUT2D eigenvalue weighted by Gasteiger charge is -2.12. The maximum absolute atomic E-state index is 11.9. The second-order valence-corrected chi connectivity index (χ2v) is 4.99. The quantitative estimate of drug-likeness (QED) is 0.907. The maximum atomic E-state index is 11.9. The van der Waals surface area contributed by atoms with Crippen molar-refractivity contribution in [3.63, 3.8) is 0 Å². The Morgan fingerprint density at radius 2 is 2.21 bits per heavy atom. The molecule has 1 heterocycles. The van der Waals surface area contributed by atoms with Crippen molar-refractivity contribution >= 4 is 16.8 Å². The number of aryl methyl sites for hydroxylation is 1. The zero-order valence-corrected chi connectivity index (χ0v) is 11.1. The third kappa shape index (κ3) is 2.41. The number of hydrogen-bond acceptors (Lipinski definition) is 3. The van der Waals surface area contributed by atoms with Crippen LogP contribution in [0.5, 0.6) is 5.88 Å². The number of ether oxygens (including phenoxy) is 1. The van der Waals surface area contributed by atoms with Gasteiger partial charge in [0.2, 0.25) is 5.88 Å². The van der Waals surface area contributed by atoms with Gasteiger partial charge in [0.25, 0.3) is 5.91 Å². The lowest BCUT2D eigenvalue weighted by molar-refractivity contribution is -0.127. The molecule has 1 saturated carbocycles. The van der Waals surface area contributed by atoms with Crippen LogP contribution in [-0.2, 0) is 11.8 Å². The number of hydrogen-bond donors (Lipinski definition) is 1. The average molecular weight is 259 g/mol. The van der Waals surface area contributed by atoms with E-state index in [1.54, 1.807) is 11.6 Å². The van der Waals surface area contributed by atoms with Gasteiger partial charge in [-0.3, -0.25) is 9.48 Å². The molecule has 2 aromatic rings. The summed E-state index contributed by atoms with van der Waals surface area (Å²) in [5.41, 5.74) is 0.993. The molecule has 0 radical (unpaired) electrons. The first-order chi connectivity index (χ1) is 9.15. The van der Waals surface area contributed by atoms with E-state index in [9.17, 15) is 4.79 Å². The first kappa shape index (κ1) is 12.0. The fourth-order valence-corrected chi connectivity index (χ4v) is 2.03. The van der Waals surface area contributed by atoms with Crippen LogP contribution in [0.3, 0.4) is 0 Å². The molecule has 1 atom stereocenters. The predicted octanol–water partition coefficient (Wildman–Crippen LogP) is 1.62. The average Bonchev–Trinajstić information content (AvgIpc) is 3.16. The highest BCUT2D eigenvalue weighted by atomic mass is 16.5. The van der Waals surface area contributed by atoms with Gasteiger partial charge in [-0.15, -0.1) is 5.10 Å². The number of carbonyl (C=O) groups is 1. The predicted molar refractivity (Wildman–Crippen MR) is 72.0 cm³/mol. The Bertz CT molecular complexity index is 616. The van der Waals surface area contributed by atoms with Crippen molar-refractivity contribution in [3.8, 4) is 5.88 Å². The topological polar surface area (TPSA) is 56.2 Å². The molecule has 1 aromatic heterocycles. The molecule has 0 bridgehead atoms. The van der Waals surface area contributed by atoms with E-state index < -0.39 is 6.10 Å². The summed E-state index contributed by atoms with van der Waals surface area (Å²) in [6, 6.07) is 8.16. The highest BCUT2D eigenvalue weighted by Crippen LogP contribution is 2.25. The number of nitrogens with zero attached hydrogens (tertiary/aromatic N) is 2. The van der Waals surface area contributed by atoms with E-state index in [1.165, 1.54) is 0 Å². The van der Waals surface area contributed by atoms with Gasteiger partial charge in [0.15, 0.2) is 6.10 Å². The van der Waals surface area contributed by atoms with Crippen molar-refractivity contribution < 1.29 is 9.53 Å². The molecule has 1 aliphatic carbocycles. The zero-order valence-electron chi connectivity index (χ0n) is 11.1. The Hall–Kier alpha value is -2.04. The van der Waals surface area contributed by atoms with E-state index in [1.807, 2.05) is 31.3 Å². The summed E-state index contributed by atoms with van der Waals surface area (Å²) in [5, 5.41) is 8.18. The second kappa shape index (κ2) is 4.57. The number of rotatable bonds is 4. The third-order valence-electron chi connectivity index (χ3n) is 3.31. The zero-order chi connectivity index (χ0) is 13.4. The minimum absolute atomic E-state index is 0.0720. The molecule has 0 saturated heterocycles. The lowest BCUT2D eigenvalue weighted by atomic mass is 10.2. The Kier molecular flexibility index (Phi) is 2.89. The van der Waals surface area contributed by atoms with Crippen LogP contribution < -0.4 is 10.1 Å². The van der Waals surface area contributed by atoms with Crippen molar-refractivity contribution in [1.29, 1.82) is 0 Å². The molecule has 5 heteroatoms. The van der Waals surface area contributed by atoms with Gasteiger partial charge in [-0.05, 0) is 31.9 Å². The van der Waals surface area contributed by atoms with Crippen LogP contribution in [0, 0.1) is 0 Å². The molecule has 19 heavy (non-hydrogen) atoms. The fraction of sp³-hybridized carbons (Fsp3) is 0.429. The van der Waals surface area contributed by atoms with Gasteiger partial charge in [-0.25, -0.2) is 0 Å². The highest BCUT2D eigenvalue weighted by molar-refractivity contribution is 5.86. The number of amides is 1. The number of benzene rings is 1. The number of carbonyl (C=O) groups excluding carboxylic acids is 1. The number of aromatic nitrogens is 2. The molecule has 100 valence electrons. The van der Waals surface area contributed by atoms with Crippen LogP contribution in [0.25, 0.3) is 10.9 Å². The molecule has 1 aliphatic rings. The van der Waals surface area contributed by atoms with Crippen molar-refractivity contribution in [2.75, 3.05) is 0 Å². The highest BCUT2D eigenvalue weighted by Gasteiger charge is 2.27. The van der Waals surface area contributed by atoms with Gasteiger partial charge in [0, 0.05) is 13.1 Å². The normalized spacial score (nSPS) is 16.3. The van der Waals surface area contributed by atoms with Crippen LogP contribution in [0.1, 0.15) is 19.8 Å². The summed E-state index contributed by atoms with van der Waals surface area (Å²) in [7, 11) is 1.87. The first-order valence-electron chi connectivity index (χ1n) is 6.54. The van der Waals surface area contributed by atoms with E-state index in [0.717, 1.165) is 23.7 Å². The lowest BCUT2D eigenvalue weighted by Crippen LogP contribution is -2.37. The van der Waals surface area contributed by atoms with Crippen LogP contribution in [0.2, 0.25) is 0 Å². The standard InChI is InChI=1S/C14H17N3O2/c1-9(13(18)15-10-7-8-10)19-14-11-5-3-4-6-12(11)17(2)16-14/h3-6,9-10H,7-8H2,1-2H3,(H,15,18). The van der Waals surface area contributed by atoms with Crippen molar-refractivity contribution in [1.82, 2.24) is 15.1 Å². The number of nitrogens with one attached hydrogen (secondary N) is 1. The molecule has 1 fully saturated rings. The molecular weight excluding hydrogens is 242 g/mol. The number of fused-ring (bicyclic) bond motifs is 1. The van der Waals surface area contributed by atoms with Gasteiger partial charge >= 0.3 is 0 Å². The Balaban J connectivity index is 1.78. The Labute approximate surface area is 111 Å². The molecule has 3 rings (SSSR count). The van der Waals surface area contributed by atoms with E-state index in [0.29, 0.717) is 11.9 Å². The minimum atomic E-state index is -0.529. The SMILES string of the molecule is CC(Oc1nn(C)c2ccccc12)C(=O)NC1CC1. The van der Waals surface area contributed by atoms with Crippen LogP contribution >= 0.6 is 0 Å². The Morgan fingerprint density at radius 1 is 1.47 bits per heavy atom. The van der Waals surface area contributed by atoms with E-state index >= 15 is 0 Å². The summed E-state index contributed by atoms with van der Waals surface area (Å²) in [4.78, 5) is 11.9. The largest absolute Gasteiger partial charge is 0.463 e. The van der Waals surface area contributed by atoms with Crippen LogP contribution in [0.15, 0.2) is 24.3 Å². The number of para-hydroxylation sites is 1. The second-order valence-electron chi connectivity index (χ2n) is 4.99. The molecule has 1 aromatic carbocycles. The van der Waals surface area contributed by atoms with Gasteiger partial charge in [-0.2, -0.15) is 0 Å². The summed E-state index contributed by atoms with van der Waals surface area (Å²) in [5.74, 6) is 0.439. The monoisotopic (exact) mass is 259 g/mol. The summed E-state index contributed by atoms with van der Waals surface area (Å²) in [6.07, 6.45) is 1.62. The van der Waals surface area contributed by atoms with Gasteiger partial charge in [0.05, 0.1) is 10.9 Å². The molecule has 0 aliphatic heterocycles. The smallest absolute Gasteiger partial charge is 0.261 e. The van der Waals surface area contributed by atoms with Gasteiger partial charge in [-0.1, -0.05) is 12.1 Å². The molecule has 1 N–H and O–H groups in total.